The van der Waals surface area contributed by atoms with Crippen LogP contribution in [-0.2, 0) is 0 Å². The van der Waals surface area contributed by atoms with E-state index in [1.165, 1.54) is 20.5 Å². The monoisotopic (exact) mass is 285 g/mol. The summed E-state index contributed by atoms with van der Waals surface area (Å²) in [5.74, 6) is 0.432. The van der Waals surface area contributed by atoms with Crippen LogP contribution in [0.3, 0.4) is 0 Å². The van der Waals surface area contributed by atoms with E-state index < -0.39 is 5.92 Å². The first-order chi connectivity index (χ1) is 10.1. The zero-order valence-electron chi connectivity index (χ0n) is 12.0. The molecule has 0 aliphatic heterocycles. The van der Waals surface area contributed by atoms with Gasteiger partial charge in [0.2, 0.25) is 0 Å². The summed E-state index contributed by atoms with van der Waals surface area (Å²) in [6.07, 6.45) is 1.36. The SMILES string of the molecule is COc1ccc(C(C#N)C(=O)c2coc(C)c2)cc1OC. The lowest BCUT2D eigenvalue weighted by atomic mass is 9.92. The van der Waals surface area contributed by atoms with Gasteiger partial charge in [0.15, 0.2) is 17.3 Å². The molecule has 0 spiro atoms. The molecular weight excluding hydrogens is 270 g/mol. The minimum Gasteiger partial charge on any atom is -0.493 e. The predicted octanol–water partition coefficient (Wildman–Crippen LogP) is 3.10. The van der Waals surface area contributed by atoms with Crippen LogP contribution in [-0.4, -0.2) is 20.0 Å². The van der Waals surface area contributed by atoms with E-state index in [1.807, 2.05) is 6.07 Å². The number of carbonyl (C=O) groups is 1. The molecule has 1 atom stereocenters. The zero-order valence-corrected chi connectivity index (χ0v) is 12.0. The molecule has 2 aromatic rings. The topological polar surface area (TPSA) is 72.5 Å². The van der Waals surface area contributed by atoms with Gasteiger partial charge in [-0.3, -0.25) is 4.79 Å². The van der Waals surface area contributed by atoms with Gasteiger partial charge in [-0.25, -0.2) is 0 Å². The van der Waals surface area contributed by atoms with Crippen LogP contribution in [0.2, 0.25) is 0 Å². The van der Waals surface area contributed by atoms with E-state index >= 15 is 0 Å². The van der Waals surface area contributed by atoms with Crippen LogP contribution in [0.25, 0.3) is 0 Å². The normalized spacial score (nSPS) is 11.5. The lowest BCUT2D eigenvalue weighted by Gasteiger charge is -2.12. The van der Waals surface area contributed by atoms with E-state index in [9.17, 15) is 10.1 Å². The molecule has 0 N–H and O–H groups in total. The van der Waals surface area contributed by atoms with Crippen molar-refractivity contribution in [1.82, 2.24) is 0 Å². The summed E-state index contributed by atoms with van der Waals surface area (Å²) < 4.78 is 15.5. The lowest BCUT2D eigenvalue weighted by molar-refractivity contribution is 0.0978. The van der Waals surface area contributed by atoms with Crippen molar-refractivity contribution < 1.29 is 18.7 Å². The Hall–Kier alpha value is -2.74. The second kappa shape index (κ2) is 6.14. The number of carbonyl (C=O) groups excluding carboxylic acids is 1. The van der Waals surface area contributed by atoms with Crippen molar-refractivity contribution in [2.75, 3.05) is 14.2 Å². The minimum atomic E-state index is -0.915. The van der Waals surface area contributed by atoms with E-state index in [4.69, 9.17) is 13.9 Å². The number of ether oxygens (including phenoxy) is 2. The molecule has 0 saturated heterocycles. The number of nitrogens with zero attached hydrogens (tertiary/aromatic N) is 1. The van der Waals surface area contributed by atoms with E-state index in [0.717, 1.165) is 0 Å². The Bertz CT molecular complexity index is 697. The fraction of sp³-hybridized carbons (Fsp3) is 0.250. The summed E-state index contributed by atoms with van der Waals surface area (Å²) in [6.45, 7) is 1.74. The van der Waals surface area contributed by atoms with Gasteiger partial charge in [0.25, 0.3) is 0 Å². The summed E-state index contributed by atoms with van der Waals surface area (Å²) in [5.41, 5.74) is 0.938. The number of nitriles is 1. The number of furan rings is 1. The molecule has 2 rings (SSSR count). The molecule has 0 radical (unpaired) electrons. The van der Waals surface area contributed by atoms with Crippen LogP contribution in [0.4, 0.5) is 0 Å². The Morgan fingerprint density at radius 1 is 1.24 bits per heavy atom. The second-order valence-corrected chi connectivity index (χ2v) is 4.49. The van der Waals surface area contributed by atoms with Crippen LogP contribution < -0.4 is 9.47 Å². The van der Waals surface area contributed by atoms with Gasteiger partial charge in [-0.05, 0) is 30.7 Å². The average molecular weight is 285 g/mol. The fourth-order valence-corrected chi connectivity index (χ4v) is 2.06. The third-order valence-corrected chi connectivity index (χ3v) is 3.15. The van der Waals surface area contributed by atoms with Crippen molar-refractivity contribution in [2.45, 2.75) is 12.8 Å². The largest absolute Gasteiger partial charge is 0.493 e. The molecule has 1 heterocycles. The van der Waals surface area contributed by atoms with Crippen molar-refractivity contribution in [3.63, 3.8) is 0 Å². The number of rotatable bonds is 5. The Labute approximate surface area is 122 Å². The Balaban J connectivity index is 2.38. The maximum atomic E-state index is 12.4. The lowest BCUT2D eigenvalue weighted by Crippen LogP contribution is -2.10. The van der Waals surface area contributed by atoms with Gasteiger partial charge in [-0.1, -0.05) is 6.07 Å². The number of hydrogen-bond donors (Lipinski definition) is 0. The number of methoxy groups -OCH3 is 2. The fourth-order valence-electron chi connectivity index (χ4n) is 2.06. The van der Waals surface area contributed by atoms with Crippen molar-refractivity contribution in [3.8, 4) is 17.6 Å². The van der Waals surface area contributed by atoms with Crippen molar-refractivity contribution in [2.24, 2.45) is 0 Å². The van der Waals surface area contributed by atoms with Gasteiger partial charge in [0, 0.05) is 0 Å². The molecule has 108 valence electrons. The summed E-state index contributed by atoms with van der Waals surface area (Å²) in [7, 11) is 3.03. The van der Waals surface area contributed by atoms with Crippen molar-refractivity contribution in [3.05, 3.63) is 47.4 Å². The summed E-state index contributed by atoms with van der Waals surface area (Å²) >= 11 is 0. The first-order valence-electron chi connectivity index (χ1n) is 6.31. The van der Waals surface area contributed by atoms with E-state index in [0.29, 0.717) is 28.4 Å². The van der Waals surface area contributed by atoms with Crippen LogP contribution in [0.5, 0.6) is 11.5 Å². The van der Waals surface area contributed by atoms with Crippen molar-refractivity contribution in [1.29, 1.82) is 5.26 Å². The maximum Gasteiger partial charge on any atom is 0.187 e. The van der Waals surface area contributed by atoms with Crippen LogP contribution in [0.1, 0.15) is 27.6 Å². The summed E-state index contributed by atoms with van der Waals surface area (Å²) in [4.78, 5) is 12.4. The Morgan fingerprint density at radius 3 is 2.48 bits per heavy atom. The highest BCUT2D eigenvalue weighted by atomic mass is 16.5. The van der Waals surface area contributed by atoms with Crippen LogP contribution >= 0.6 is 0 Å². The summed E-state index contributed by atoms with van der Waals surface area (Å²) in [5, 5.41) is 9.33. The first-order valence-corrected chi connectivity index (χ1v) is 6.31. The predicted molar refractivity (Wildman–Crippen MR) is 75.7 cm³/mol. The maximum absolute atomic E-state index is 12.4. The standard InChI is InChI=1S/C16H15NO4/c1-10-6-12(9-21-10)16(18)13(8-17)11-4-5-14(19-2)15(7-11)20-3/h4-7,9,13H,1-3H3. The van der Waals surface area contributed by atoms with E-state index in [2.05, 4.69) is 0 Å². The van der Waals surface area contributed by atoms with Crippen molar-refractivity contribution >= 4 is 5.78 Å². The number of aryl methyl sites for hydroxylation is 1. The number of hydrogen-bond acceptors (Lipinski definition) is 5. The van der Waals surface area contributed by atoms with Gasteiger partial charge in [-0.2, -0.15) is 5.26 Å². The van der Waals surface area contributed by atoms with E-state index in [1.54, 1.807) is 31.2 Å². The highest BCUT2D eigenvalue weighted by Crippen LogP contribution is 2.31. The van der Waals surface area contributed by atoms with Gasteiger partial charge < -0.3 is 13.9 Å². The molecule has 0 aliphatic carbocycles. The molecule has 0 saturated carbocycles. The molecule has 0 bridgehead atoms. The molecule has 21 heavy (non-hydrogen) atoms. The second-order valence-electron chi connectivity index (χ2n) is 4.49. The molecule has 5 nitrogen and oxygen atoms in total. The molecule has 0 aliphatic rings. The molecule has 0 fully saturated rings. The Kier molecular flexibility index (Phi) is 4.29. The average Bonchev–Trinajstić information content (AvgIpc) is 2.94. The number of Topliss-reactive ketones (excluding diaryl/α,β-unsaturated/α-hetero) is 1. The molecule has 1 unspecified atom stereocenters. The van der Waals surface area contributed by atoms with E-state index in [-0.39, 0.29) is 5.78 Å². The zero-order chi connectivity index (χ0) is 15.4. The summed E-state index contributed by atoms with van der Waals surface area (Å²) in [6, 6.07) is 8.64. The van der Waals surface area contributed by atoms with Gasteiger partial charge in [-0.15, -0.1) is 0 Å². The molecular formula is C16H15NO4. The first kappa shape index (κ1) is 14.7. The van der Waals surface area contributed by atoms with Crippen LogP contribution in [0, 0.1) is 18.3 Å². The van der Waals surface area contributed by atoms with Gasteiger partial charge in [0.1, 0.15) is 17.9 Å². The molecule has 1 aromatic heterocycles. The third kappa shape index (κ3) is 2.90. The minimum absolute atomic E-state index is 0.304. The molecule has 1 aromatic carbocycles. The highest BCUT2D eigenvalue weighted by Gasteiger charge is 2.24. The quantitative estimate of drug-likeness (QED) is 0.789. The molecule has 0 amide bonds. The number of benzene rings is 1. The van der Waals surface area contributed by atoms with Gasteiger partial charge in [0.05, 0.1) is 25.9 Å². The Morgan fingerprint density at radius 2 is 1.95 bits per heavy atom. The smallest absolute Gasteiger partial charge is 0.187 e. The highest BCUT2D eigenvalue weighted by molar-refractivity contribution is 6.02. The molecule has 5 heteroatoms. The third-order valence-electron chi connectivity index (χ3n) is 3.15. The number of ketones is 1. The van der Waals surface area contributed by atoms with Crippen LogP contribution in [0.15, 0.2) is 34.9 Å². The van der Waals surface area contributed by atoms with Gasteiger partial charge >= 0.3 is 0 Å².